The van der Waals surface area contributed by atoms with Crippen LogP contribution < -0.4 is 10.0 Å². The van der Waals surface area contributed by atoms with Crippen LogP contribution in [-0.2, 0) is 21.4 Å². The monoisotopic (exact) mass is 390 g/mol. The van der Waals surface area contributed by atoms with E-state index in [1.807, 2.05) is 37.4 Å². The average molecular weight is 390 g/mol. The second kappa shape index (κ2) is 8.75. The van der Waals surface area contributed by atoms with Gasteiger partial charge >= 0.3 is 0 Å². The molecule has 0 amide bonds. The lowest BCUT2D eigenvalue weighted by molar-refractivity contribution is -0.114. The Hall–Kier alpha value is -2.07. The summed E-state index contributed by atoms with van der Waals surface area (Å²) < 4.78 is 29.8. The number of hydrogen-bond donors (Lipinski definition) is 1. The number of aliphatic imine (C=N–C) groups is 1. The van der Waals surface area contributed by atoms with E-state index in [0.29, 0.717) is 19.6 Å². The third kappa shape index (κ3) is 5.23. The summed E-state index contributed by atoms with van der Waals surface area (Å²) in [7, 11) is -1.83. The molecule has 0 bridgehead atoms. The Morgan fingerprint density at radius 2 is 1.93 bits per heavy atom. The molecule has 1 atom stereocenters. The minimum Gasteiger partial charge on any atom is -0.305 e. The number of nitrogens with zero attached hydrogens (tertiary/aromatic N) is 4. The van der Waals surface area contributed by atoms with E-state index in [4.69, 9.17) is 0 Å². The van der Waals surface area contributed by atoms with Gasteiger partial charge in [0.1, 0.15) is 0 Å². The molecule has 1 saturated heterocycles. The highest BCUT2D eigenvalue weighted by atomic mass is 32.2. The van der Waals surface area contributed by atoms with Crippen molar-refractivity contribution in [1.82, 2.24) is 19.2 Å². The number of ketones is 1. The SMILES string of the molecule is CN1CCCN(S(=O)(=O)N[C@@H](Cc2ccccc2)C(=O)C2=NC=C[N]2)CC1. The van der Waals surface area contributed by atoms with Crippen molar-refractivity contribution < 1.29 is 13.2 Å². The van der Waals surface area contributed by atoms with Gasteiger partial charge in [0.15, 0.2) is 5.84 Å². The Labute approximate surface area is 160 Å². The molecule has 0 saturated carbocycles. The average Bonchev–Trinajstić information content (AvgIpc) is 3.09. The molecule has 0 spiro atoms. The molecule has 2 aliphatic rings. The van der Waals surface area contributed by atoms with Crippen molar-refractivity contribution in [2.24, 2.45) is 4.99 Å². The van der Waals surface area contributed by atoms with Crippen LogP contribution in [0.25, 0.3) is 0 Å². The van der Waals surface area contributed by atoms with E-state index in [-0.39, 0.29) is 12.3 Å². The van der Waals surface area contributed by atoms with Crippen LogP contribution >= 0.6 is 0 Å². The van der Waals surface area contributed by atoms with Crippen LogP contribution in [0.5, 0.6) is 0 Å². The third-order valence-corrected chi connectivity index (χ3v) is 6.22. The van der Waals surface area contributed by atoms with E-state index in [9.17, 15) is 13.2 Å². The normalized spacial score (nSPS) is 20.0. The highest BCUT2D eigenvalue weighted by molar-refractivity contribution is 7.87. The lowest BCUT2D eigenvalue weighted by atomic mass is 10.0. The Morgan fingerprint density at radius 1 is 1.15 bits per heavy atom. The fourth-order valence-electron chi connectivity index (χ4n) is 3.08. The molecule has 1 fully saturated rings. The van der Waals surface area contributed by atoms with Gasteiger partial charge in [0.25, 0.3) is 10.2 Å². The lowest BCUT2D eigenvalue weighted by Gasteiger charge is -2.24. The summed E-state index contributed by atoms with van der Waals surface area (Å²) in [5, 5.41) is 3.93. The summed E-state index contributed by atoms with van der Waals surface area (Å²) in [6.07, 6.45) is 3.83. The number of hydrogen-bond acceptors (Lipinski definition) is 5. The van der Waals surface area contributed by atoms with Crippen LogP contribution in [0.15, 0.2) is 47.7 Å². The molecule has 0 aliphatic carbocycles. The number of carbonyl (C=O) groups excluding carboxylic acids is 1. The summed E-state index contributed by atoms with van der Waals surface area (Å²) in [6, 6.07) is 8.35. The van der Waals surface area contributed by atoms with Crippen molar-refractivity contribution in [1.29, 1.82) is 0 Å². The Balaban J connectivity index is 1.78. The van der Waals surface area contributed by atoms with Crippen molar-refractivity contribution >= 4 is 21.8 Å². The highest BCUT2D eigenvalue weighted by Gasteiger charge is 2.32. The molecule has 9 heteroatoms. The maximum Gasteiger partial charge on any atom is 0.280 e. The largest absolute Gasteiger partial charge is 0.305 e. The van der Waals surface area contributed by atoms with Crippen molar-refractivity contribution in [2.45, 2.75) is 18.9 Å². The summed E-state index contributed by atoms with van der Waals surface area (Å²) in [5.74, 6) is -0.409. The number of benzene rings is 1. The summed E-state index contributed by atoms with van der Waals surface area (Å²) in [6.45, 7) is 2.33. The van der Waals surface area contributed by atoms with E-state index >= 15 is 0 Å². The zero-order valence-electron chi connectivity index (χ0n) is 15.3. The van der Waals surface area contributed by atoms with Gasteiger partial charge in [-0.25, -0.2) is 10.3 Å². The topological polar surface area (TPSA) is 96.2 Å². The molecular formula is C18H24N5O3S. The molecule has 2 aliphatic heterocycles. The number of amidine groups is 1. The van der Waals surface area contributed by atoms with Gasteiger partial charge in [-0.1, -0.05) is 30.3 Å². The van der Waals surface area contributed by atoms with E-state index in [2.05, 4.69) is 19.9 Å². The number of carbonyl (C=O) groups is 1. The first kappa shape index (κ1) is 19.7. The molecule has 2 heterocycles. The molecule has 8 nitrogen and oxygen atoms in total. The molecular weight excluding hydrogens is 366 g/mol. The molecule has 0 unspecified atom stereocenters. The minimum absolute atomic E-state index is 0.0224. The summed E-state index contributed by atoms with van der Waals surface area (Å²) in [5.41, 5.74) is 0.862. The molecule has 3 rings (SSSR count). The van der Waals surface area contributed by atoms with E-state index in [0.717, 1.165) is 18.5 Å². The predicted octanol–water partition coefficient (Wildman–Crippen LogP) is 0.126. The van der Waals surface area contributed by atoms with Crippen LogP contribution in [0.1, 0.15) is 12.0 Å². The van der Waals surface area contributed by atoms with Crippen LogP contribution in [0, 0.1) is 0 Å². The first-order chi connectivity index (χ1) is 13.0. The molecule has 27 heavy (non-hydrogen) atoms. The first-order valence-corrected chi connectivity index (χ1v) is 10.4. The van der Waals surface area contributed by atoms with Gasteiger partial charge in [0.05, 0.1) is 6.04 Å². The number of likely N-dealkylation sites (N-methyl/N-ethyl adjacent to an activating group) is 1. The maximum atomic E-state index is 12.9. The fourth-order valence-corrected chi connectivity index (χ4v) is 4.47. The molecule has 1 aromatic carbocycles. The smallest absolute Gasteiger partial charge is 0.280 e. The summed E-state index contributed by atoms with van der Waals surface area (Å²) >= 11 is 0. The Bertz CT molecular complexity index is 823. The number of rotatable bonds is 7. The zero-order chi connectivity index (χ0) is 19.3. The fraction of sp³-hybridized carbons (Fsp3) is 0.444. The van der Waals surface area contributed by atoms with Crippen molar-refractivity contribution in [3.05, 3.63) is 48.3 Å². The van der Waals surface area contributed by atoms with Gasteiger partial charge in [0.2, 0.25) is 5.78 Å². The van der Waals surface area contributed by atoms with Gasteiger partial charge in [0, 0.05) is 32.0 Å². The quantitative estimate of drug-likeness (QED) is 0.716. The zero-order valence-corrected chi connectivity index (χ0v) is 16.1. The molecule has 1 N–H and O–H groups in total. The lowest BCUT2D eigenvalue weighted by Crippen LogP contribution is -2.52. The first-order valence-electron chi connectivity index (χ1n) is 8.93. The van der Waals surface area contributed by atoms with E-state index in [1.165, 1.54) is 16.7 Å². The highest BCUT2D eigenvalue weighted by Crippen LogP contribution is 2.11. The predicted molar refractivity (Wildman–Crippen MR) is 103 cm³/mol. The summed E-state index contributed by atoms with van der Waals surface area (Å²) in [4.78, 5) is 18.8. The van der Waals surface area contributed by atoms with E-state index < -0.39 is 22.0 Å². The minimum atomic E-state index is -3.81. The van der Waals surface area contributed by atoms with Crippen LogP contribution in [-0.4, -0.2) is 68.5 Å². The molecule has 0 aromatic heterocycles. The number of Topliss-reactive ketones (excluding diaryl/α,β-unsaturated/α-hetero) is 1. The maximum absolute atomic E-state index is 12.9. The van der Waals surface area contributed by atoms with Crippen molar-refractivity contribution in [3.63, 3.8) is 0 Å². The molecule has 145 valence electrons. The van der Waals surface area contributed by atoms with Gasteiger partial charge < -0.3 is 4.90 Å². The van der Waals surface area contributed by atoms with E-state index in [1.54, 1.807) is 0 Å². The third-order valence-electron chi connectivity index (χ3n) is 4.59. The molecule has 1 aromatic rings. The van der Waals surface area contributed by atoms with Gasteiger partial charge in [-0.05, 0) is 32.0 Å². The second-order valence-corrected chi connectivity index (χ2v) is 8.37. The van der Waals surface area contributed by atoms with Gasteiger partial charge in [-0.3, -0.25) is 4.79 Å². The van der Waals surface area contributed by atoms with Crippen LogP contribution in [0.3, 0.4) is 0 Å². The van der Waals surface area contributed by atoms with Gasteiger partial charge in [-0.15, -0.1) is 0 Å². The van der Waals surface area contributed by atoms with Crippen molar-refractivity contribution in [2.75, 3.05) is 33.2 Å². The Morgan fingerprint density at radius 3 is 2.63 bits per heavy atom. The molecule has 1 radical (unpaired) electrons. The second-order valence-electron chi connectivity index (χ2n) is 6.67. The number of nitrogens with one attached hydrogen (secondary N) is 1. The Kier molecular flexibility index (Phi) is 6.38. The van der Waals surface area contributed by atoms with Crippen LogP contribution in [0.2, 0.25) is 0 Å². The van der Waals surface area contributed by atoms with Gasteiger partial charge in [-0.2, -0.15) is 17.4 Å². The van der Waals surface area contributed by atoms with Crippen molar-refractivity contribution in [3.8, 4) is 0 Å². The van der Waals surface area contributed by atoms with Crippen LogP contribution in [0.4, 0.5) is 0 Å². The standard InChI is InChI=1S/C18H24N5O3S/c1-22-10-5-11-23(13-12-22)27(25,26)21-16(14-15-6-3-2-4-7-15)17(24)18-19-8-9-20-18/h2-4,6-9,16,21H,5,10-14H2,1H3/t16-/m0/s1.